The molecule has 2 heteroatoms. The molecule has 0 aromatic heterocycles. The average Bonchev–Trinajstić information content (AvgIpc) is 2.18. The van der Waals surface area contributed by atoms with Crippen LogP contribution in [0.1, 0.15) is 53.9 Å². The molecule has 0 aliphatic carbocycles. The van der Waals surface area contributed by atoms with Gasteiger partial charge in [-0.15, -0.1) is 0 Å². The molecule has 0 aromatic rings. The maximum atomic E-state index is 5.53. The second-order valence-electron chi connectivity index (χ2n) is 8.22. The van der Waals surface area contributed by atoms with E-state index in [-0.39, 0.29) is 0 Å². The van der Waals surface area contributed by atoms with Gasteiger partial charge in [0.15, 0.2) is 0 Å². The van der Waals surface area contributed by atoms with Crippen LogP contribution in [0, 0.1) is 16.7 Å². The molecule has 0 amide bonds. The average molecular weight is 253 g/mol. The summed E-state index contributed by atoms with van der Waals surface area (Å²) in [5, 5.41) is 0. The van der Waals surface area contributed by atoms with E-state index in [0.717, 1.165) is 19.1 Å². The van der Waals surface area contributed by atoms with Gasteiger partial charge in [0.05, 0.1) is 18.8 Å². The van der Waals surface area contributed by atoms with Crippen LogP contribution >= 0.6 is 0 Å². The van der Waals surface area contributed by atoms with Crippen molar-refractivity contribution in [3.63, 3.8) is 0 Å². The number of nitrogens with zero attached hydrogens (tertiary/aromatic N) is 1. The van der Waals surface area contributed by atoms with Crippen molar-refractivity contribution in [3.8, 4) is 0 Å². The lowest BCUT2D eigenvalue weighted by Crippen LogP contribution is -2.64. The van der Waals surface area contributed by atoms with Gasteiger partial charge in [-0.3, -0.25) is 4.90 Å². The minimum atomic E-state index is 0.335. The molecule has 2 saturated heterocycles. The summed E-state index contributed by atoms with van der Waals surface area (Å²) in [7, 11) is 2.30. The summed E-state index contributed by atoms with van der Waals surface area (Å²) in [6.07, 6.45) is 3.93. The number of likely N-dealkylation sites (tertiary alicyclic amines) is 1. The van der Waals surface area contributed by atoms with E-state index >= 15 is 0 Å². The van der Waals surface area contributed by atoms with Crippen LogP contribution in [0.2, 0.25) is 0 Å². The minimum absolute atomic E-state index is 0.335. The topological polar surface area (TPSA) is 12.5 Å². The standard InChI is InChI=1S/C16H31NO/c1-13(2)15(5)7-8-17(6)16(11-18-12-16)10-14(3,4)9-15/h13H,7-12H2,1-6H3. The summed E-state index contributed by atoms with van der Waals surface area (Å²) in [5.74, 6) is 0.761. The van der Waals surface area contributed by atoms with Crippen molar-refractivity contribution in [1.29, 1.82) is 0 Å². The van der Waals surface area contributed by atoms with E-state index in [4.69, 9.17) is 4.74 Å². The van der Waals surface area contributed by atoms with Crippen LogP contribution < -0.4 is 0 Å². The molecule has 106 valence electrons. The van der Waals surface area contributed by atoms with Crippen molar-refractivity contribution >= 4 is 0 Å². The fraction of sp³-hybridized carbons (Fsp3) is 1.00. The van der Waals surface area contributed by atoms with Crippen LogP contribution in [-0.2, 0) is 4.74 Å². The molecule has 0 radical (unpaired) electrons. The van der Waals surface area contributed by atoms with E-state index < -0.39 is 0 Å². The van der Waals surface area contributed by atoms with Crippen LogP contribution in [0.4, 0.5) is 0 Å². The molecule has 2 nitrogen and oxygen atoms in total. The number of rotatable bonds is 1. The monoisotopic (exact) mass is 253 g/mol. The number of ether oxygens (including phenoxy) is 1. The highest BCUT2D eigenvalue weighted by Gasteiger charge is 2.49. The number of likely N-dealkylation sites (N-methyl/N-ethyl adjacent to an activating group) is 1. The first-order chi connectivity index (χ1) is 8.19. The van der Waals surface area contributed by atoms with Gasteiger partial charge < -0.3 is 4.74 Å². The fourth-order valence-electron chi connectivity index (χ4n) is 4.08. The quantitative estimate of drug-likeness (QED) is 0.708. The Bertz CT molecular complexity index is 302. The predicted octanol–water partition coefficient (Wildman–Crippen LogP) is 3.56. The second kappa shape index (κ2) is 4.49. The molecule has 0 bridgehead atoms. The molecule has 0 aromatic carbocycles. The zero-order chi connectivity index (χ0) is 13.6. The molecule has 0 N–H and O–H groups in total. The third-order valence-electron chi connectivity index (χ3n) is 5.65. The highest BCUT2D eigenvalue weighted by Crippen LogP contribution is 2.49. The lowest BCUT2D eigenvalue weighted by atomic mass is 9.61. The van der Waals surface area contributed by atoms with Crippen LogP contribution in [0.3, 0.4) is 0 Å². The van der Waals surface area contributed by atoms with Gasteiger partial charge in [0.25, 0.3) is 0 Å². The smallest absolute Gasteiger partial charge is 0.0681 e. The summed E-state index contributed by atoms with van der Waals surface area (Å²) >= 11 is 0. The van der Waals surface area contributed by atoms with Crippen molar-refractivity contribution in [2.24, 2.45) is 16.7 Å². The van der Waals surface area contributed by atoms with E-state index in [0.29, 0.717) is 16.4 Å². The highest BCUT2D eigenvalue weighted by molar-refractivity contribution is 5.02. The molecular formula is C16H31NO. The summed E-state index contributed by atoms with van der Waals surface area (Å²) in [6.45, 7) is 15.3. The highest BCUT2D eigenvalue weighted by atomic mass is 16.5. The molecule has 2 rings (SSSR count). The first kappa shape index (κ1) is 14.3. The first-order valence-electron chi connectivity index (χ1n) is 7.48. The predicted molar refractivity (Wildman–Crippen MR) is 76.8 cm³/mol. The van der Waals surface area contributed by atoms with Crippen molar-refractivity contribution in [2.75, 3.05) is 26.8 Å². The molecule has 0 saturated carbocycles. The van der Waals surface area contributed by atoms with Crippen LogP contribution in [-0.4, -0.2) is 37.2 Å². The molecule has 2 aliphatic rings. The Balaban J connectivity index is 2.21. The van der Waals surface area contributed by atoms with Crippen LogP contribution in [0.5, 0.6) is 0 Å². The minimum Gasteiger partial charge on any atom is -0.377 e. The molecule has 2 aliphatic heterocycles. The van der Waals surface area contributed by atoms with Gasteiger partial charge >= 0.3 is 0 Å². The molecule has 1 atom stereocenters. The van der Waals surface area contributed by atoms with Gasteiger partial charge in [0.2, 0.25) is 0 Å². The molecule has 18 heavy (non-hydrogen) atoms. The molecule has 2 fully saturated rings. The third kappa shape index (κ3) is 2.46. The van der Waals surface area contributed by atoms with E-state index in [1.54, 1.807) is 0 Å². The van der Waals surface area contributed by atoms with Gasteiger partial charge in [-0.1, -0.05) is 34.6 Å². The van der Waals surface area contributed by atoms with Gasteiger partial charge in [0, 0.05) is 0 Å². The Morgan fingerprint density at radius 1 is 1.06 bits per heavy atom. The first-order valence-corrected chi connectivity index (χ1v) is 7.48. The Morgan fingerprint density at radius 2 is 1.67 bits per heavy atom. The van der Waals surface area contributed by atoms with Gasteiger partial charge in [-0.25, -0.2) is 0 Å². The summed E-state index contributed by atoms with van der Waals surface area (Å²) in [6, 6.07) is 0. The van der Waals surface area contributed by atoms with Crippen molar-refractivity contribution in [1.82, 2.24) is 4.90 Å². The lowest BCUT2D eigenvalue weighted by Gasteiger charge is -2.56. The van der Waals surface area contributed by atoms with Gasteiger partial charge in [-0.2, -0.15) is 0 Å². The normalized spacial score (nSPS) is 36.2. The summed E-state index contributed by atoms with van der Waals surface area (Å²) in [5.41, 5.74) is 1.23. The summed E-state index contributed by atoms with van der Waals surface area (Å²) < 4.78 is 5.53. The zero-order valence-electron chi connectivity index (χ0n) is 13.2. The van der Waals surface area contributed by atoms with Crippen LogP contribution in [0.15, 0.2) is 0 Å². The van der Waals surface area contributed by atoms with Gasteiger partial charge in [-0.05, 0) is 49.6 Å². The van der Waals surface area contributed by atoms with E-state index in [1.165, 1.54) is 25.8 Å². The van der Waals surface area contributed by atoms with Crippen molar-refractivity contribution < 1.29 is 4.74 Å². The maximum Gasteiger partial charge on any atom is 0.0681 e. The Labute approximate surface area is 113 Å². The number of hydrogen-bond acceptors (Lipinski definition) is 2. The van der Waals surface area contributed by atoms with Crippen molar-refractivity contribution in [2.45, 2.75) is 59.4 Å². The third-order valence-corrected chi connectivity index (χ3v) is 5.65. The Morgan fingerprint density at radius 3 is 2.11 bits per heavy atom. The largest absolute Gasteiger partial charge is 0.377 e. The Kier molecular flexibility index (Phi) is 3.57. The molecule has 2 heterocycles. The van der Waals surface area contributed by atoms with E-state index in [1.807, 2.05) is 0 Å². The fourth-order valence-corrected chi connectivity index (χ4v) is 4.08. The van der Waals surface area contributed by atoms with E-state index in [9.17, 15) is 0 Å². The van der Waals surface area contributed by atoms with E-state index in [2.05, 4.69) is 46.6 Å². The zero-order valence-corrected chi connectivity index (χ0v) is 13.2. The second-order valence-corrected chi connectivity index (χ2v) is 8.22. The molecular weight excluding hydrogens is 222 g/mol. The Hall–Kier alpha value is -0.0800. The summed E-state index contributed by atoms with van der Waals surface area (Å²) in [4.78, 5) is 2.58. The van der Waals surface area contributed by atoms with Crippen molar-refractivity contribution in [3.05, 3.63) is 0 Å². The van der Waals surface area contributed by atoms with Crippen LogP contribution in [0.25, 0.3) is 0 Å². The maximum absolute atomic E-state index is 5.53. The SMILES string of the molecule is CC(C)C1(C)CCN(C)C2(COC2)CC(C)(C)C1. The molecule has 1 spiro atoms. The number of hydrogen-bond donors (Lipinski definition) is 0. The molecule has 1 unspecified atom stereocenters. The van der Waals surface area contributed by atoms with Gasteiger partial charge in [0.1, 0.15) is 0 Å². The lowest BCUT2D eigenvalue weighted by molar-refractivity contribution is -0.163.